The minimum absolute atomic E-state index is 0.333. The second kappa shape index (κ2) is 7.03. The lowest BCUT2D eigenvalue weighted by atomic mass is 9.96. The van der Waals surface area contributed by atoms with Crippen LogP contribution in [0.25, 0.3) is 10.6 Å². The van der Waals surface area contributed by atoms with Gasteiger partial charge in [-0.05, 0) is 39.2 Å². The third-order valence-corrected chi connectivity index (χ3v) is 6.15. The molecule has 128 valence electrons. The van der Waals surface area contributed by atoms with Crippen LogP contribution in [0.2, 0.25) is 0 Å². The topological polar surface area (TPSA) is 53.4 Å². The fourth-order valence-corrected chi connectivity index (χ4v) is 4.53. The first-order valence-corrected chi connectivity index (χ1v) is 9.33. The van der Waals surface area contributed by atoms with Crippen molar-refractivity contribution in [3.63, 3.8) is 0 Å². The monoisotopic (exact) mass is 344 g/mol. The normalized spacial score (nSPS) is 21.8. The van der Waals surface area contributed by atoms with Crippen LogP contribution in [0.3, 0.4) is 0 Å². The minimum Gasteiger partial charge on any atom is -0.477 e. The molecule has 2 unspecified atom stereocenters. The molecule has 1 aromatic heterocycles. The number of hydrogen-bond donors (Lipinski definition) is 1. The van der Waals surface area contributed by atoms with Gasteiger partial charge >= 0.3 is 5.97 Å². The van der Waals surface area contributed by atoms with Crippen molar-refractivity contribution in [2.75, 3.05) is 0 Å². The Labute approximate surface area is 147 Å². The highest BCUT2D eigenvalue weighted by molar-refractivity contribution is 7.17. The summed E-state index contributed by atoms with van der Waals surface area (Å²) in [6.07, 6.45) is 3.78. The van der Waals surface area contributed by atoms with E-state index in [-0.39, 0.29) is 0 Å². The van der Waals surface area contributed by atoms with Gasteiger partial charge in [0.25, 0.3) is 0 Å². The van der Waals surface area contributed by atoms with Crippen molar-refractivity contribution in [3.05, 3.63) is 40.4 Å². The third-order valence-electron chi connectivity index (χ3n) is 4.97. The summed E-state index contributed by atoms with van der Waals surface area (Å²) < 4.78 is 0. The van der Waals surface area contributed by atoms with Gasteiger partial charge in [0.15, 0.2) is 0 Å². The Morgan fingerprint density at radius 3 is 2.58 bits per heavy atom. The highest BCUT2D eigenvalue weighted by Crippen LogP contribution is 2.33. The fourth-order valence-electron chi connectivity index (χ4n) is 3.56. The molecule has 2 atom stereocenters. The van der Waals surface area contributed by atoms with Gasteiger partial charge in [0.05, 0.1) is 5.69 Å². The second-order valence-corrected chi connectivity index (χ2v) is 7.70. The van der Waals surface area contributed by atoms with E-state index >= 15 is 0 Å². The Morgan fingerprint density at radius 2 is 1.96 bits per heavy atom. The van der Waals surface area contributed by atoms with E-state index in [4.69, 9.17) is 0 Å². The van der Waals surface area contributed by atoms with Gasteiger partial charge in [-0.1, -0.05) is 30.7 Å². The molecule has 0 bridgehead atoms. The molecule has 2 heterocycles. The van der Waals surface area contributed by atoms with E-state index in [1.54, 1.807) is 6.92 Å². The van der Waals surface area contributed by atoms with E-state index in [0.29, 0.717) is 22.7 Å². The number of hydrogen-bond acceptors (Lipinski definition) is 4. The van der Waals surface area contributed by atoms with Crippen LogP contribution in [-0.2, 0) is 6.54 Å². The number of aromatic nitrogens is 1. The van der Waals surface area contributed by atoms with E-state index in [2.05, 4.69) is 41.9 Å². The summed E-state index contributed by atoms with van der Waals surface area (Å²) in [4.78, 5) is 18.7. The Hall–Kier alpha value is -1.72. The van der Waals surface area contributed by atoms with Crippen molar-refractivity contribution >= 4 is 17.3 Å². The summed E-state index contributed by atoms with van der Waals surface area (Å²) in [6.45, 7) is 7.25. The van der Waals surface area contributed by atoms with Crippen molar-refractivity contribution in [3.8, 4) is 10.6 Å². The number of benzene rings is 1. The highest BCUT2D eigenvalue weighted by atomic mass is 32.1. The summed E-state index contributed by atoms with van der Waals surface area (Å²) in [5.74, 6) is -0.896. The van der Waals surface area contributed by atoms with Gasteiger partial charge in [0, 0.05) is 24.2 Å². The Kier molecular flexibility index (Phi) is 5.01. The fraction of sp³-hybridized carbons (Fsp3) is 0.474. The third kappa shape index (κ3) is 3.37. The molecule has 0 radical (unpaired) electrons. The lowest BCUT2D eigenvalue weighted by molar-refractivity contribution is 0.0701. The van der Waals surface area contributed by atoms with Crippen LogP contribution in [0.1, 0.15) is 54.0 Å². The van der Waals surface area contributed by atoms with Crippen LogP contribution < -0.4 is 0 Å². The maximum absolute atomic E-state index is 11.3. The van der Waals surface area contributed by atoms with Crippen molar-refractivity contribution in [2.45, 2.75) is 58.7 Å². The van der Waals surface area contributed by atoms with E-state index in [0.717, 1.165) is 17.1 Å². The number of piperidine rings is 1. The van der Waals surface area contributed by atoms with Crippen molar-refractivity contribution in [1.82, 2.24) is 9.88 Å². The van der Waals surface area contributed by atoms with Gasteiger partial charge in [-0.2, -0.15) is 0 Å². The molecule has 0 spiro atoms. The molecule has 5 heteroatoms. The summed E-state index contributed by atoms with van der Waals surface area (Å²) in [6, 6.07) is 9.40. The molecule has 1 aliphatic rings. The molecule has 3 rings (SSSR count). The van der Waals surface area contributed by atoms with Gasteiger partial charge in [-0.25, -0.2) is 9.78 Å². The molecular weight excluding hydrogens is 320 g/mol. The van der Waals surface area contributed by atoms with Crippen LogP contribution in [-0.4, -0.2) is 33.0 Å². The molecule has 0 amide bonds. The number of rotatable bonds is 4. The molecule has 4 nitrogen and oxygen atoms in total. The summed E-state index contributed by atoms with van der Waals surface area (Å²) >= 11 is 1.27. The van der Waals surface area contributed by atoms with E-state index in [9.17, 15) is 9.90 Å². The van der Waals surface area contributed by atoms with Gasteiger partial charge < -0.3 is 5.11 Å². The van der Waals surface area contributed by atoms with Gasteiger partial charge in [-0.15, -0.1) is 11.3 Å². The van der Waals surface area contributed by atoms with Gasteiger partial charge in [-0.3, -0.25) is 4.90 Å². The molecule has 1 saturated heterocycles. The van der Waals surface area contributed by atoms with E-state index in [1.807, 2.05) is 6.07 Å². The lowest BCUT2D eigenvalue weighted by Crippen LogP contribution is -2.43. The van der Waals surface area contributed by atoms with Crippen molar-refractivity contribution in [1.29, 1.82) is 0 Å². The van der Waals surface area contributed by atoms with E-state index in [1.165, 1.54) is 36.2 Å². The molecule has 1 fully saturated rings. The summed E-state index contributed by atoms with van der Waals surface area (Å²) in [7, 11) is 0. The SMILES string of the molecule is Cc1nc(-c2ccccc2CN2C(C)CCCC2C)sc1C(=O)O. The van der Waals surface area contributed by atoms with E-state index < -0.39 is 5.97 Å². The molecule has 24 heavy (non-hydrogen) atoms. The average molecular weight is 344 g/mol. The first-order valence-electron chi connectivity index (χ1n) is 8.52. The molecule has 0 saturated carbocycles. The van der Waals surface area contributed by atoms with Crippen molar-refractivity contribution < 1.29 is 9.90 Å². The number of nitrogens with zero attached hydrogens (tertiary/aromatic N) is 2. The van der Waals surface area contributed by atoms with Crippen LogP contribution >= 0.6 is 11.3 Å². The van der Waals surface area contributed by atoms with Gasteiger partial charge in [0.2, 0.25) is 0 Å². The van der Waals surface area contributed by atoms with Gasteiger partial charge in [0.1, 0.15) is 9.88 Å². The zero-order valence-electron chi connectivity index (χ0n) is 14.5. The zero-order chi connectivity index (χ0) is 17.3. The van der Waals surface area contributed by atoms with Crippen LogP contribution in [0.4, 0.5) is 0 Å². The molecular formula is C19H24N2O2S. The summed E-state index contributed by atoms with van der Waals surface area (Å²) in [5.41, 5.74) is 2.88. The lowest BCUT2D eigenvalue weighted by Gasteiger charge is -2.39. The maximum atomic E-state index is 11.3. The second-order valence-electron chi connectivity index (χ2n) is 6.70. The smallest absolute Gasteiger partial charge is 0.347 e. The van der Waals surface area contributed by atoms with Crippen LogP contribution in [0.5, 0.6) is 0 Å². The maximum Gasteiger partial charge on any atom is 0.347 e. The predicted molar refractivity (Wildman–Crippen MR) is 97.6 cm³/mol. The standard InChI is InChI=1S/C19H24N2O2S/c1-12-7-6-8-13(2)21(12)11-15-9-4-5-10-16(15)18-20-14(3)17(24-18)19(22)23/h4-5,9-10,12-13H,6-8,11H2,1-3H3,(H,22,23). The number of thiazole rings is 1. The Morgan fingerprint density at radius 1 is 1.29 bits per heavy atom. The highest BCUT2D eigenvalue weighted by Gasteiger charge is 2.26. The Bertz CT molecular complexity index is 731. The quantitative estimate of drug-likeness (QED) is 0.882. The number of likely N-dealkylation sites (tertiary alicyclic amines) is 1. The molecule has 0 aliphatic carbocycles. The minimum atomic E-state index is -0.896. The molecule has 1 N–H and O–H groups in total. The molecule has 1 aromatic carbocycles. The molecule has 1 aliphatic heterocycles. The number of carboxylic acids is 1. The summed E-state index contributed by atoms with van der Waals surface area (Å²) in [5, 5.41) is 10.1. The number of aryl methyl sites for hydroxylation is 1. The largest absolute Gasteiger partial charge is 0.477 e. The average Bonchev–Trinajstić information content (AvgIpc) is 2.93. The number of carboxylic acid groups (broad SMARTS) is 1. The van der Waals surface area contributed by atoms with Crippen LogP contribution in [0, 0.1) is 6.92 Å². The first-order chi connectivity index (χ1) is 11.5. The number of aromatic carboxylic acids is 1. The van der Waals surface area contributed by atoms with Crippen LogP contribution in [0.15, 0.2) is 24.3 Å². The Balaban J connectivity index is 1.93. The predicted octanol–water partition coefficient (Wildman–Crippen LogP) is 4.58. The first kappa shape index (κ1) is 17.1. The van der Waals surface area contributed by atoms with Crippen molar-refractivity contribution in [2.24, 2.45) is 0 Å². The zero-order valence-corrected chi connectivity index (χ0v) is 15.3. The number of carbonyl (C=O) groups is 1. The molecule has 2 aromatic rings.